The number of carbonyl (C=O) groups is 1. The van der Waals surface area contributed by atoms with Gasteiger partial charge in [0.15, 0.2) is 5.78 Å². The summed E-state index contributed by atoms with van der Waals surface area (Å²) in [6.45, 7) is 0.689. The van der Waals surface area contributed by atoms with E-state index in [1.807, 2.05) is 0 Å². The fraction of sp³-hybridized carbons (Fsp3) is 0.417. The highest BCUT2D eigenvalue weighted by atomic mass is 19.1. The van der Waals surface area contributed by atoms with Crippen molar-refractivity contribution in [1.82, 2.24) is 5.32 Å². The van der Waals surface area contributed by atoms with Crippen LogP contribution < -0.4 is 5.32 Å². The second-order valence-electron chi connectivity index (χ2n) is 3.93. The Balaban J connectivity index is 2.05. The number of ketones is 1. The van der Waals surface area contributed by atoms with Gasteiger partial charge in [-0.2, -0.15) is 0 Å². The van der Waals surface area contributed by atoms with Crippen molar-refractivity contribution in [3.8, 4) is 0 Å². The highest BCUT2D eigenvalue weighted by Crippen LogP contribution is 2.15. The van der Waals surface area contributed by atoms with Crippen molar-refractivity contribution < 1.29 is 13.9 Å². The van der Waals surface area contributed by atoms with Gasteiger partial charge in [0.1, 0.15) is 5.82 Å². The Kier molecular flexibility index (Phi) is 3.31. The Labute approximate surface area is 93.6 Å². The van der Waals surface area contributed by atoms with E-state index in [-0.39, 0.29) is 23.7 Å². The molecule has 2 rings (SSSR count). The molecular weight excluding hydrogens is 209 g/mol. The molecule has 3 nitrogen and oxygen atoms in total. The highest BCUT2D eigenvalue weighted by molar-refractivity contribution is 6.00. The molecule has 86 valence electrons. The van der Waals surface area contributed by atoms with Crippen LogP contribution in [-0.4, -0.2) is 31.6 Å². The third-order valence-corrected chi connectivity index (χ3v) is 2.87. The lowest BCUT2D eigenvalue weighted by Crippen LogP contribution is -2.30. The maximum atomic E-state index is 12.7. The predicted molar refractivity (Wildman–Crippen MR) is 57.9 cm³/mol. The Morgan fingerprint density at radius 1 is 1.44 bits per heavy atom. The van der Waals surface area contributed by atoms with Gasteiger partial charge in [-0.1, -0.05) is 0 Å². The van der Waals surface area contributed by atoms with E-state index in [2.05, 4.69) is 5.32 Å². The first-order valence-corrected chi connectivity index (χ1v) is 5.26. The van der Waals surface area contributed by atoms with Crippen LogP contribution in [0.5, 0.6) is 0 Å². The minimum absolute atomic E-state index is 0.000417. The second kappa shape index (κ2) is 4.72. The van der Waals surface area contributed by atoms with Crippen LogP contribution in [0.1, 0.15) is 16.8 Å². The molecule has 1 aromatic carbocycles. The third-order valence-electron chi connectivity index (χ3n) is 2.87. The molecular formula is C12H14FNO2. The van der Waals surface area contributed by atoms with Crippen LogP contribution in [0.3, 0.4) is 0 Å². The summed E-state index contributed by atoms with van der Waals surface area (Å²) in [4.78, 5) is 12.0. The number of hydrogen-bond donors (Lipinski definition) is 1. The van der Waals surface area contributed by atoms with E-state index in [0.29, 0.717) is 18.5 Å². The highest BCUT2D eigenvalue weighted by Gasteiger charge is 2.29. The molecule has 0 saturated carbocycles. The van der Waals surface area contributed by atoms with Gasteiger partial charge in [-0.15, -0.1) is 0 Å². The minimum atomic E-state index is -0.328. The molecule has 16 heavy (non-hydrogen) atoms. The van der Waals surface area contributed by atoms with Gasteiger partial charge < -0.3 is 10.1 Å². The van der Waals surface area contributed by atoms with E-state index in [9.17, 15) is 9.18 Å². The number of carbonyl (C=O) groups excluding carboxylic acids is 1. The van der Waals surface area contributed by atoms with E-state index >= 15 is 0 Å². The van der Waals surface area contributed by atoms with Crippen LogP contribution in [0.15, 0.2) is 24.3 Å². The molecule has 1 fully saturated rings. The number of rotatable bonds is 3. The summed E-state index contributed by atoms with van der Waals surface area (Å²) < 4.78 is 17.9. The lowest BCUT2D eigenvalue weighted by atomic mass is 10.0. The molecule has 0 radical (unpaired) electrons. The number of ether oxygens (including phenoxy) is 1. The minimum Gasteiger partial charge on any atom is -0.380 e. The summed E-state index contributed by atoms with van der Waals surface area (Å²) in [5.41, 5.74) is 0.538. The van der Waals surface area contributed by atoms with Crippen LogP contribution in [-0.2, 0) is 4.74 Å². The molecule has 4 heteroatoms. The molecule has 1 N–H and O–H groups in total. The number of halogens is 1. The SMILES string of the molecule is COC1CNC(C(=O)c2ccc(F)cc2)C1. The van der Waals surface area contributed by atoms with Crippen molar-refractivity contribution >= 4 is 5.78 Å². The monoisotopic (exact) mass is 223 g/mol. The maximum Gasteiger partial charge on any atom is 0.179 e. The van der Waals surface area contributed by atoms with Gasteiger partial charge in [0.2, 0.25) is 0 Å². The van der Waals surface area contributed by atoms with Gasteiger partial charge in [0.25, 0.3) is 0 Å². The Morgan fingerprint density at radius 3 is 2.69 bits per heavy atom. The fourth-order valence-electron chi connectivity index (χ4n) is 1.90. The molecule has 0 aromatic heterocycles. The molecule has 2 atom stereocenters. The van der Waals surface area contributed by atoms with Gasteiger partial charge >= 0.3 is 0 Å². The predicted octanol–water partition coefficient (Wildman–Crippen LogP) is 1.39. The standard InChI is InChI=1S/C12H14FNO2/c1-16-10-6-11(14-7-10)12(15)8-2-4-9(13)5-3-8/h2-5,10-11,14H,6-7H2,1H3. The van der Waals surface area contributed by atoms with Crippen molar-refractivity contribution in [2.24, 2.45) is 0 Å². The number of Topliss-reactive ketones (excluding diaryl/α,β-unsaturated/α-hetero) is 1. The van der Waals surface area contributed by atoms with Crippen molar-refractivity contribution in [1.29, 1.82) is 0 Å². The Hall–Kier alpha value is -1.26. The normalized spacial score (nSPS) is 24.6. The van der Waals surface area contributed by atoms with E-state index in [4.69, 9.17) is 4.74 Å². The fourth-order valence-corrected chi connectivity index (χ4v) is 1.90. The molecule has 2 unspecified atom stereocenters. The number of nitrogens with one attached hydrogen (secondary N) is 1. The first-order chi connectivity index (χ1) is 7.70. The lowest BCUT2D eigenvalue weighted by molar-refractivity contribution is 0.0919. The van der Waals surface area contributed by atoms with Gasteiger partial charge in [-0.25, -0.2) is 4.39 Å². The number of benzene rings is 1. The molecule has 0 amide bonds. The van der Waals surface area contributed by atoms with Gasteiger partial charge in [-0.3, -0.25) is 4.79 Å². The molecule has 1 aromatic rings. The van der Waals surface area contributed by atoms with Crippen LogP contribution >= 0.6 is 0 Å². The molecule has 1 aliphatic rings. The number of hydrogen-bond acceptors (Lipinski definition) is 3. The Morgan fingerprint density at radius 2 is 2.12 bits per heavy atom. The first-order valence-electron chi connectivity index (χ1n) is 5.26. The van der Waals surface area contributed by atoms with Crippen molar-refractivity contribution in [3.05, 3.63) is 35.6 Å². The lowest BCUT2D eigenvalue weighted by Gasteiger charge is -2.09. The van der Waals surface area contributed by atoms with Crippen molar-refractivity contribution in [2.75, 3.05) is 13.7 Å². The molecule has 0 spiro atoms. The topological polar surface area (TPSA) is 38.3 Å². The molecule has 1 heterocycles. The average Bonchev–Trinajstić information content (AvgIpc) is 2.77. The van der Waals surface area contributed by atoms with Crippen molar-refractivity contribution in [2.45, 2.75) is 18.6 Å². The first kappa shape index (κ1) is 11.2. The van der Waals surface area contributed by atoms with Crippen LogP contribution in [0.4, 0.5) is 4.39 Å². The van der Waals surface area contributed by atoms with Gasteiger partial charge in [0, 0.05) is 19.2 Å². The van der Waals surface area contributed by atoms with E-state index in [0.717, 1.165) is 0 Å². The zero-order chi connectivity index (χ0) is 11.5. The van der Waals surface area contributed by atoms with E-state index in [1.54, 1.807) is 7.11 Å². The molecule has 1 aliphatic heterocycles. The van der Waals surface area contributed by atoms with Crippen LogP contribution in [0, 0.1) is 5.82 Å². The zero-order valence-corrected chi connectivity index (χ0v) is 9.07. The summed E-state index contributed by atoms with van der Waals surface area (Å²) in [5, 5.41) is 3.10. The summed E-state index contributed by atoms with van der Waals surface area (Å²) in [7, 11) is 1.64. The summed E-state index contributed by atoms with van der Waals surface area (Å²) in [5.74, 6) is -0.328. The average molecular weight is 223 g/mol. The van der Waals surface area contributed by atoms with Crippen LogP contribution in [0.25, 0.3) is 0 Å². The zero-order valence-electron chi connectivity index (χ0n) is 9.07. The van der Waals surface area contributed by atoms with Crippen molar-refractivity contribution in [3.63, 3.8) is 0 Å². The van der Waals surface area contributed by atoms with Crippen LogP contribution in [0.2, 0.25) is 0 Å². The van der Waals surface area contributed by atoms with E-state index < -0.39 is 0 Å². The maximum absolute atomic E-state index is 12.7. The van der Waals surface area contributed by atoms with E-state index in [1.165, 1.54) is 24.3 Å². The summed E-state index contributed by atoms with van der Waals surface area (Å²) in [6, 6.07) is 5.42. The second-order valence-corrected chi connectivity index (χ2v) is 3.93. The molecule has 0 bridgehead atoms. The quantitative estimate of drug-likeness (QED) is 0.787. The molecule has 1 saturated heterocycles. The number of methoxy groups -OCH3 is 1. The smallest absolute Gasteiger partial charge is 0.179 e. The van der Waals surface area contributed by atoms with Gasteiger partial charge in [-0.05, 0) is 30.7 Å². The molecule has 0 aliphatic carbocycles. The third kappa shape index (κ3) is 2.28. The Bertz CT molecular complexity index is 377. The summed E-state index contributed by atoms with van der Waals surface area (Å²) >= 11 is 0. The largest absolute Gasteiger partial charge is 0.380 e. The summed E-state index contributed by atoms with van der Waals surface area (Å²) in [6.07, 6.45) is 0.765. The van der Waals surface area contributed by atoms with Gasteiger partial charge in [0.05, 0.1) is 12.1 Å².